The van der Waals surface area contributed by atoms with Crippen molar-refractivity contribution in [1.82, 2.24) is 0 Å². The predicted octanol–water partition coefficient (Wildman–Crippen LogP) is 2.20. The van der Waals surface area contributed by atoms with Crippen molar-refractivity contribution in [3.8, 4) is 11.8 Å². The van der Waals surface area contributed by atoms with Gasteiger partial charge in [-0.15, -0.1) is 0 Å². The first-order chi connectivity index (χ1) is 7.34. The number of benzene rings is 1. The molecule has 0 saturated carbocycles. The molecule has 0 atom stereocenters. The average Bonchev–Trinajstić information content (AvgIpc) is 2.15. The Labute approximate surface area is 94.2 Å². The Balaban J connectivity index is 3.23. The number of nitriles is 1. The lowest BCUT2D eigenvalue weighted by Gasteiger charge is -2.10. The molecule has 0 aliphatic rings. The largest absolute Gasteiger partial charge is 0.432 e. The van der Waals surface area contributed by atoms with Crippen molar-refractivity contribution in [3.05, 3.63) is 29.3 Å². The van der Waals surface area contributed by atoms with Gasteiger partial charge in [-0.05, 0) is 30.4 Å². The molecule has 0 fully saturated rings. The average molecular weight is 246 g/mol. The second-order valence-electron chi connectivity index (χ2n) is 2.74. The number of hydrogen-bond donors (Lipinski definition) is 1. The summed E-state index contributed by atoms with van der Waals surface area (Å²) in [6.07, 6.45) is -4.62. The number of thiocarbonyl (C=S) groups is 1. The first-order valence-corrected chi connectivity index (χ1v) is 4.34. The van der Waals surface area contributed by atoms with E-state index in [1.807, 2.05) is 0 Å². The Kier molecular flexibility index (Phi) is 3.34. The first kappa shape index (κ1) is 12.3. The molecule has 7 heteroatoms. The van der Waals surface area contributed by atoms with E-state index in [-0.39, 0.29) is 5.75 Å². The summed E-state index contributed by atoms with van der Waals surface area (Å²) in [5, 5.41) is 8.12. The van der Waals surface area contributed by atoms with Crippen LogP contribution in [0.5, 0.6) is 5.75 Å². The fourth-order valence-electron chi connectivity index (χ4n) is 1.04. The van der Waals surface area contributed by atoms with E-state index in [0.717, 1.165) is 6.07 Å². The highest BCUT2D eigenvalue weighted by Gasteiger charge is 2.34. The van der Waals surface area contributed by atoms with Crippen LogP contribution >= 0.6 is 12.2 Å². The molecule has 16 heavy (non-hydrogen) atoms. The predicted molar refractivity (Wildman–Crippen MR) is 53.6 cm³/mol. The van der Waals surface area contributed by atoms with Crippen molar-refractivity contribution in [2.24, 2.45) is 5.73 Å². The van der Waals surface area contributed by atoms with E-state index in [4.69, 9.17) is 11.0 Å². The van der Waals surface area contributed by atoms with Crippen LogP contribution in [0.25, 0.3) is 0 Å². The third-order valence-electron chi connectivity index (χ3n) is 1.64. The molecule has 0 amide bonds. The van der Waals surface area contributed by atoms with Gasteiger partial charge >= 0.3 is 6.18 Å². The minimum absolute atomic E-state index is 0.154. The molecule has 3 nitrogen and oxygen atoms in total. The monoisotopic (exact) mass is 246 g/mol. The van der Waals surface area contributed by atoms with Crippen LogP contribution in [0.4, 0.5) is 13.2 Å². The number of halogens is 3. The highest BCUT2D eigenvalue weighted by atomic mass is 32.1. The molecule has 0 aliphatic heterocycles. The van der Waals surface area contributed by atoms with Crippen molar-refractivity contribution in [1.29, 1.82) is 5.26 Å². The van der Waals surface area contributed by atoms with Crippen LogP contribution in [-0.2, 0) is 6.18 Å². The third-order valence-corrected chi connectivity index (χ3v) is 1.72. The fourth-order valence-corrected chi connectivity index (χ4v) is 1.13. The fraction of sp³-hybridized carbons (Fsp3) is 0.111. The van der Waals surface area contributed by atoms with Crippen LogP contribution < -0.4 is 10.5 Å². The second kappa shape index (κ2) is 4.37. The second-order valence-corrected chi connectivity index (χ2v) is 3.14. The van der Waals surface area contributed by atoms with Crippen molar-refractivity contribution in [2.75, 3.05) is 0 Å². The maximum Gasteiger partial charge on any atom is 0.417 e. The van der Waals surface area contributed by atoms with Gasteiger partial charge in [-0.2, -0.15) is 18.4 Å². The van der Waals surface area contributed by atoms with Gasteiger partial charge in [-0.3, -0.25) is 0 Å². The lowest BCUT2D eigenvalue weighted by molar-refractivity contribution is -0.137. The van der Waals surface area contributed by atoms with Gasteiger partial charge in [0.2, 0.25) is 0 Å². The standard InChI is InChI=1S/C9H5F3N2OS/c10-9(11,12)7-3-6(15-8(14)16)2-1-5(7)4-13/h1-3H,(H2,14,16). The normalized spacial score (nSPS) is 10.6. The number of nitrogens with two attached hydrogens (primary N) is 1. The molecule has 0 radical (unpaired) electrons. The Morgan fingerprint density at radius 3 is 2.50 bits per heavy atom. The molecule has 0 aromatic heterocycles. The van der Waals surface area contributed by atoms with Gasteiger partial charge in [0, 0.05) is 0 Å². The summed E-state index contributed by atoms with van der Waals surface area (Å²) in [4.78, 5) is 0. The maximum absolute atomic E-state index is 12.5. The van der Waals surface area contributed by atoms with Gasteiger partial charge < -0.3 is 10.5 Å². The zero-order chi connectivity index (χ0) is 12.3. The number of nitrogens with zero attached hydrogens (tertiary/aromatic N) is 1. The Morgan fingerprint density at radius 1 is 1.44 bits per heavy atom. The highest BCUT2D eigenvalue weighted by molar-refractivity contribution is 7.80. The molecule has 2 N–H and O–H groups in total. The quantitative estimate of drug-likeness (QED) is 0.772. The lowest BCUT2D eigenvalue weighted by atomic mass is 10.1. The maximum atomic E-state index is 12.5. The van der Waals surface area contributed by atoms with Crippen LogP contribution in [-0.4, -0.2) is 5.17 Å². The van der Waals surface area contributed by atoms with Crippen LogP contribution in [0.2, 0.25) is 0 Å². The Morgan fingerprint density at radius 2 is 2.06 bits per heavy atom. The molecule has 1 rings (SSSR count). The molecule has 1 aromatic rings. The summed E-state index contributed by atoms with van der Waals surface area (Å²) in [6.45, 7) is 0. The van der Waals surface area contributed by atoms with E-state index in [9.17, 15) is 13.2 Å². The van der Waals surface area contributed by atoms with E-state index in [2.05, 4.69) is 17.0 Å². The van der Waals surface area contributed by atoms with Gasteiger partial charge in [0.25, 0.3) is 5.17 Å². The van der Waals surface area contributed by atoms with Crippen molar-refractivity contribution >= 4 is 17.4 Å². The van der Waals surface area contributed by atoms with E-state index in [1.165, 1.54) is 12.1 Å². The van der Waals surface area contributed by atoms with Crippen molar-refractivity contribution in [3.63, 3.8) is 0 Å². The minimum atomic E-state index is -4.62. The van der Waals surface area contributed by atoms with E-state index in [1.54, 1.807) is 0 Å². The zero-order valence-corrected chi connectivity index (χ0v) is 8.52. The topological polar surface area (TPSA) is 59.0 Å². The Hall–Kier alpha value is -1.81. The highest BCUT2D eigenvalue weighted by Crippen LogP contribution is 2.34. The number of rotatable bonds is 1. The van der Waals surface area contributed by atoms with Gasteiger partial charge in [0.15, 0.2) is 0 Å². The van der Waals surface area contributed by atoms with Crippen LogP contribution in [0.1, 0.15) is 11.1 Å². The smallest absolute Gasteiger partial charge is 0.417 e. The number of hydrogen-bond acceptors (Lipinski definition) is 3. The minimum Gasteiger partial charge on any atom is -0.432 e. The van der Waals surface area contributed by atoms with Gasteiger partial charge in [-0.25, -0.2) is 0 Å². The molecule has 1 aromatic carbocycles. The summed E-state index contributed by atoms with van der Waals surface area (Å²) in [7, 11) is 0. The molecule has 0 bridgehead atoms. The number of ether oxygens (including phenoxy) is 1. The van der Waals surface area contributed by atoms with Crippen molar-refractivity contribution < 1.29 is 17.9 Å². The van der Waals surface area contributed by atoms with E-state index >= 15 is 0 Å². The third kappa shape index (κ3) is 2.84. The summed E-state index contributed by atoms with van der Waals surface area (Å²) < 4.78 is 42.1. The van der Waals surface area contributed by atoms with E-state index in [0.29, 0.717) is 6.07 Å². The van der Waals surface area contributed by atoms with Crippen LogP contribution in [0.3, 0.4) is 0 Å². The van der Waals surface area contributed by atoms with Crippen molar-refractivity contribution in [2.45, 2.75) is 6.18 Å². The summed E-state index contributed by atoms with van der Waals surface area (Å²) >= 11 is 4.38. The summed E-state index contributed by atoms with van der Waals surface area (Å²) in [6, 6.07) is 4.31. The molecule has 0 saturated heterocycles. The van der Waals surface area contributed by atoms with E-state index < -0.39 is 22.5 Å². The summed E-state index contributed by atoms with van der Waals surface area (Å²) in [5.41, 5.74) is 3.45. The molecule has 0 aliphatic carbocycles. The molecular formula is C9H5F3N2OS. The van der Waals surface area contributed by atoms with Gasteiger partial charge in [-0.1, -0.05) is 0 Å². The zero-order valence-electron chi connectivity index (χ0n) is 7.71. The molecular weight excluding hydrogens is 241 g/mol. The van der Waals surface area contributed by atoms with Crippen LogP contribution in [0.15, 0.2) is 18.2 Å². The van der Waals surface area contributed by atoms with Crippen LogP contribution in [0, 0.1) is 11.3 Å². The SMILES string of the molecule is N#Cc1ccc(OC(N)=S)cc1C(F)(F)F. The van der Waals surface area contributed by atoms with Gasteiger partial charge in [0.05, 0.1) is 17.2 Å². The summed E-state index contributed by atoms with van der Waals surface area (Å²) in [5.74, 6) is -0.154. The molecule has 0 heterocycles. The number of alkyl halides is 3. The first-order valence-electron chi connectivity index (χ1n) is 3.93. The lowest BCUT2D eigenvalue weighted by Crippen LogP contribution is -2.16. The molecule has 0 spiro atoms. The Bertz CT molecular complexity index is 465. The molecule has 84 valence electrons. The molecule has 0 unspecified atom stereocenters. The van der Waals surface area contributed by atoms with Gasteiger partial charge in [0.1, 0.15) is 5.75 Å².